The topological polar surface area (TPSA) is 72.9 Å². The highest BCUT2D eigenvalue weighted by Gasteiger charge is 2.14. The first-order valence-corrected chi connectivity index (χ1v) is 6.99. The number of nitrogens with one attached hydrogen (secondary N) is 1. The Morgan fingerprint density at radius 2 is 2.39 bits per heavy atom. The largest absolute Gasteiger partial charge is 0.396 e. The molecule has 0 aliphatic carbocycles. The predicted molar refractivity (Wildman–Crippen MR) is 75.7 cm³/mol. The number of nitrogen functional groups attached to an aromatic ring is 1. The monoisotopic (exact) mass is 328 g/mol. The van der Waals surface area contributed by atoms with Gasteiger partial charge in [-0.2, -0.15) is 5.10 Å². The first kappa shape index (κ1) is 13.1. The van der Waals surface area contributed by atoms with E-state index in [1.54, 1.807) is 18.4 Å². The number of aromatic nitrogens is 2. The van der Waals surface area contributed by atoms with Crippen molar-refractivity contribution in [2.24, 2.45) is 7.05 Å². The van der Waals surface area contributed by atoms with Crippen LogP contribution in [0, 0.1) is 0 Å². The minimum Gasteiger partial charge on any atom is -0.396 e. The fourth-order valence-corrected chi connectivity index (χ4v) is 3.08. The number of thiophene rings is 1. The van der Waals surface area contributed by atoms with Crippen LogP contribution in [0.5, 0.6) is 0 Å². The standard InChI is InChI=1S/C11H13BrN4OS/c1-16-10(8(13)6-15-16)11(17)14-5-4-7-2-3-9(12)18-7/h2-3,6H,4-5,13H2,1H3,(H,14,17). The molecular formula is C11H13BrN4OS. The van der Waals surface area contributed by atoms with E-state index in [0.29, 0.717) is 17.9 Å². The third kappa shape index (κ3) is 2.91. The summed E-state index contributed by atoms with van der Waals surface area (Å²) in [5.41, 5.74) is 6.48. The minimum atomic E-state index is -0.192. The number of hydrogen-bond acceptors (Lipinski definition) is 4. The van der Waals surface area contributed by atoms with E-state index in [1.165, 1.54) is 15.8 Å². The van der Waals surface area contributed by atoms with Gasteiger partial charge < -0.3 is 11.1 Å². The highest BCUT2D eigenvalue weighted by molar-refractivity contribution is 9.11. The van der Waals surface area contributed by atoms with Gasteiger partial charge in [-0.1, -0.05) is 0 Å². The summed E-state index contributed by atoms with van der Waals surface area (Å²) in [6, 6.07) is 4.04. The van der Waals surface area contributed by atoms with Crippen LogP contribution in [0.15, 0.2) is 22.1 Å². The van der Waals surface area contributed by atoms with E-state index in [1.807, 2.05) is 12.1 Å². The molecule has 0 aliphatic rings. The second-order valence-corrected chi connectivity index (χ2v) is 6.33. The van der Waals surface area contributed by atoms with Crippen molar-refractivity contribution in [1.29, 1.82) is 0 Å². The van der Waals surface area contributed by atoms with Gasteiger partial charge in [0.1, 0.15) is 5.69 Å². The maximum absolute atomic E-state index is 11.9. The van der Waals surface area contributed by atoms with Crippen molar-refractivity contribution in [3.8, 4) is 0 Å². The van der Waals surface area contributed by atoms with E-state index < -0.39 is 0 Å². The molecule has 0 fully saturated rings. The second kappa shape index (κ2) is 5.53. The molecule has 0 saturated carbocycles. The summed E-state index contributed by atoms with van der Waals surface area (Å²) in [6.45, 7) is 0.580. The molecule has 2 rings (SSSR count). The Morgan fingerprint density at radius 3 is 2.94 bits per heavy atom. The summed E-state index contributed by atoms with van der Waals surface area (Å²) in [6.07, 6.45) is 2.28. The fraction of sp³-hybridized carbons (Fsp3) is 0.273. The van der Waals surface area contributed by atoms with E-state index in [4.69, 9.17) is 5.73 Å². The third-order valence-corrected chi connectivity index (χ3v) is 4.15. The molecule has 2 aromatic heterocycles. The molecule has 1 amide bonds. The van der Waals surface area contributed by atoms with E-state index >= 15 is 0 Å². The van der Waals surface area contributed by atoms with Gasteiger partial charge in [0, 0.05) is 18.5 Å². The Morgan fingerprint density at radius 1 is 1.61 bits per heavy atom. The number of halogens is 1. The molecule has 0 aliphatic heterocycles. The molecule has 0 saturated heterocycles. The Balaban J connectivity index is 1.89. The van der Waals surface area contributed by atoms with Gasteiger partial charge in [0.15, 0.2) is 0 Å². The maximum Gasteiger partial charge on any atom is 0.271 e. The van der Waals surface area contributed by atoms with E-state index in [9.17, 15) is 4.79 Å². The SMILES string of the molecule is Cn1ncc(N)c1C(=O)NCCc1ccc(Br)s1. The summed E-state index contributed by atoms with van der Waals surface area (Å²) in [7, 11) is 1.70. The van der Waals surface area contributed by atoms with Gasteiger partial charge in [0.25, 0.3) is 5.91 Å². The van der Waals surface area contributed by atoms with Crippen LogP contribution in [0.25, 0.3) is 0 Å². The van der Waals surface area contributed by atoms with Gasteiger partial charge >= 0.3 is 0 Å². The molecule has 18 heavy (non-hydrogen) atoms. The van der Waals surface area contributed by atoms with Crippen molar-refractivity contribution >= 4 is 38.9 Å². The van der Waals surface area contributed by atoms with E-state index in [-0.39, 0.29) is 5.91 Å². The predicted octanol–water partition coefficient (Wildman–Crippen LogP) is 1.80. The van der Waals surface area contributed by atoms with Crippen LogP contribution in [0.4, 0.5) is 5.69 Å². The van der Waals surface area contributed by atoms with Gasteiger partial charge in [0.05, 0.1) is 15.7 Å². The van der Waals surface area contributed by atoms with Gasteiger partial charge in [-0.15, -0.1) is 11.3 Å². The second-order valence-electron chi connectivity index (χ2n) is 3.78. The normalized spacial score (nSPS) is 10.6. The molecule has 3 N–H and O–H groups in total. The van der Waals surface area contributed by atoms with Gasteiger partial charge in [-0.3, -0.25) is 9.48 Å². The number of nitrogens with zero attached hydrogens (tertiary/aromatic N) is 2. The van der Waals surface area contributed by atoms with E-state index in [2.05, 4.69) is 26.3 Å². The lowest BCUT2D eigenvalue weighted by molar-refractivity contribution is 0.0946. The summed E-state index contributed by atoms with van der Waals surface area (Å²) in [5, 5.41) is 6.77. The summed E-state index contributed by atoms with van der Waals surface area (Å²) in [5.74, 6) is -0.192. The lowest BCUT2D eigenvalue weighted by atomic mass is 10.3. The Hall–Kier alpha value is -1.34. The van der Waals surface area contributed by atoms with Crippen molar-refractivity contribution < 1.29 is 4.79 Å². The van der Waals surface area contributed by atoms with Crippen LogP contribution in [-0.2, 0) is 13.5 Å². The lowest BCUT2D eigenvalue weighted by Crippen LogP contribution is -2.28. The minimum absolute atomic E-state index is 0.192. The number of rotatable bonds is 4. The first-order chi connectivity index (χ1) is 8.58. The molecule has 0 aromatic carbocycles. The number of amides is 1. The zero-order valence-corrected chi connectivity index (χ0v) is 12.2. The molecule has 96 valence electrons. The van der Waals surface area contributed by atoms with Crippen LogP contribution in [0.1, 0.15) is 15.4 Å². The lowest BCUT2D eigenvalue weighted by Gasteiger charge is -2.05. The Bertz CT molecular complexity index is 544. The van der Waals surface area contributed by atoms with Crippen LogP contribution >= 0.6 is 27.3 Å². The zero-order chi connectivity index (χ0) is 13.1. The van der Waals surface area contributed by atoms with Crippen molar-refractivity contribution in [2.75, 3.05) is 12.3 Å². The highest BCUT2D eigenvalue weighted by atomic mass is 79.9. The van der Waals surface area contributed by atoms with Crippen LogP contribution in [-0.4, -0.2) is 22.2 Å². The number of aryl methyl sites for hydroxylation is 1. The van der Waals surface area contributed by atoms with Crippen LogP contribution in [0.2, 0.25) is 0 Å². The molecule has 0 radical (unpaired) electrons. The number of carbonyl (C=O) groups is 1. The maximum atomic E-state index is 11.9. The average Bonchev–Trinajstić information content (AvgIpc) is 2.86. The Kier molecular flexibility index (Phi) is 4.03. The summed E-state index contributed by atoms with van der Waals surface area (Å²) < 4.78 is 2.58. The summed E-state index contributed by atoms with van der Waals surface area (Å²) in [4.78, 5) is 13.1. The molecule has 0 bridgehead atoms. The Labute approximate surface area is 117 Å². The highest BCUT2D eigenvalue weighted by Crippen LogP contribution is 2.22. The van der Waals surface area contributed by atoms with Gasteiger partial charge in [-0.05, 0) is 34.5 Å². The van der Waals surface area contributed by atoms with Crippen molar-refractivity contribution in [3.63, 3.8) is 0 Å². The van der Waals surface area contributed by atoms with Crippen molar-refractivity contribution in [1.82, 2.24) is 15.1 Å². The van der Waals surface area contributed by atoms with Gasteiger partial charge in [0.2, 0.25) is 0 Å². The molecule has 0 atom stereocenters. The third-order valence-electron chi connectivity index (χ3n) is 2.47. The van der Waals surface area contributed by atoms with Crippen LogP contribution in [0.3, 0.4) is 0 Å². The van der Waals surface area contributed by atoms with E-state index in [0.717, 1.165) is 10.2 Å². The number of anilines is 1. The number of carbonyl (C=O) groups excluding carboxylic acids is 1. The molecule has 2 aromatic rings. The average molecular weight is 329 g/mol. The zero-order valence-electron chi connectivity index (χ0n) is 9.81. The quantitative estimate of drug-likeness (QED) is 0.898. The van der Waals surface area contributed by atoms with Crippen molar-refractivity contribution in [2.45, 2.75) is 6.42 Å². The molecular weight excluding hydrogens is 316 g/mol. The van der Waals surface area contributed by atoms with Crippen molar-refractivity contribution in [3.05, 3.63) is 32.7 Å². The molecule has 5 nitrogen and oxygen atoms in total. The van der Waals surface area contributed by atoms with Crippen LogP contribution < -0.4 is 11.1 Å². The summed E-state index contributed by atoms with van der Waals surface area (Å²) >= 11 is 5.07. The first-order valence-electron chi connectivity index (χ1n) is 5.38. The number of nitrogens with two attached hydrogens (primary N) is 1. The smallest absolute Gasteiger partial charge is 0.271 e. The molecule has 0 unspecified atom stereocenters. The van der Waals surface area contributed by atoms with Gasteiger partial charge in [-0.25, -0.2) is 0 Å². The molecule has 0 spiro atoms. The fourth-order valence-electron chi connectivity index (χ4n) is 1.60. The molecule has 2 heterocycles. The molecule has 7 heteroatoms. The number of hydrogen-bond donors (Lipinski definition) is 2.